The summed E-state index contributed by atoms with van der Waals surface area (Å²) in [6, 6.07) is 4.15. The summed E-state index contributed by atoms with van der Waals surface area (Å²) in [6.07, 6.45) is 1.39. The van der Waals surface area contributed by atoms with Crippen LogP contribution >= 0.6 is 11.3 Å². The number of nitriles is 1. The summed E-state index contributed by atoms with van der Waals surface area (Å²) in [4.78, 5) is 11.9. The molecule has 1 heterocycles. The molecule has 1 saturated carbocycles. The fourth-order valence-corrected chi connectivity index (χ4v) is 2.87. The Morgan fingerprint density at radius 3 is 3.00 bits per heavy atom. The fourth-order valence-electron chi connectivity index (χ4n) is 2.20. The molecule has 0 aromatic carbocycles. The predicted octanol–water partition coefficient (Wildman–Crippen LogP) is 2.30. The van der Waals surface area contributed by atoms with Crippen molar-refractivity contribution in [1.29, 1.82) is 5.26 Å². The first-order valence-electron chi connectivity index (χ1n) is 5.37. The van der Waals surface area contributed by atoms with E-state index in [0.29, 0.717) is 25.3 Å². The maximum atomic E-state index is 11.9. The van der Waals surface area contributed by atoms with Gasteiger partial charge in [-0.2, -0.15) is 16.6 Å². The van der Waals surface area contributed by atoms with Gasteiger partial charge in [0.05, 0.1) is 6.07 Å². The molecular formula is C12H14N2OS. The van der Waals surface area contributed by atoms with Crippen molar-refractivity contribution in [2.24, 2.45) is 11.3 Å². The van der Waals surface area contributed by atoms with E-state index in [1.54, 1.807) is 11.3 Å². The van der Waals surface area contributed by atoms with Crippen molar-refractivity contribution in [3.63, 3.8) is 0 Å². The maximum absolute atomic E-state index is 11.9. The van der Waals surface area contributed by atoms with E-state index >= 15 is 0 Å². The molecule has 0 saturated heterocycles. The topological polar surface area (TPSA) is 52.9 Å². The molecule has 0 bridgehead atoms. The molecule has 0 radical (unpaired) electrons. The van der Waals surface area contributed by atoms with Gasteiger partial charge in [0.2, 0.25) is 5.91 Å². The van der Waals surface area contributed by atoms with E-state index in [1.165, 1.54) is 0 Å². The van der Waals surface area contributed by atoms with Crippen LogP contribution in [0.1, 0.15) is 25.3 Å². The average molecular weight is 234 g/mol. The highest BCUT2D eigenvalue weighted by molar-refractivity contribution is 7.07. The molecule has 0 spiro atoms. The highest BCUT2D eigenvalue weighted by atomic mass is 32.1. The maximum Gasteiger partial charge on any atom is 0.240 e. The lowest BCUT2D eigenvalue weighted by molar-refractivity contribution is -0.134. The van der Waals surface area contributed by atoms with Gasteiger partial charge in [-0.15, -0.1) is 0 Å². The number of carbonyl (C=O) groups is 1. The van der Waals surface area contributed by atoms with Crippen molar-refractivity contribution in [2.45, 2.75) is 26.3 Å². The predicted molar refractivity (Wildman–Crippen MR) is 62.6 cm³/mol. The normalized spacial score (nSPS) is 27.9. The molecule has 1 amide bonds. The molecule has 0 unspecified atom stereocenters. The smallest absolute Gasteiger partial charge is 0.240 e. The Kier molecular flexibility index (Phi) is 2.97. The van der Waals surface area contributed by atoms with Crippen molar-refractivity contribution >= 4 is 17.2 Å². The quantitative estimate of drug-likeness (QED) is 0.872. The lowest BCUT2D eigenvalue weighted by atomic mass is 9.63. The summed E-state index contributed by atoms with van der Waals surface area (Å²) in [5.41, 5.74) is 0.342. The molecular weight excluding hydrogens is 220 g/mol. The van der Waals surface area contributed by atoms with E-state index in [1.807, 2.05) is 16.8 Å². The molecule has 4 heteroatoms. The lowest BCUT2D eigenvalue weighted by Gasteiger charge is -2.39. The molecule has 1 fully saturated rings. The van der Waals surface area contributed by atoms with Gasteiger partial charge in [0.15, 0.2) is 0 Å². The van der Waals surface area contributed by atoms with E-state index in [4.69, 9.17) is 5.26 Å². The van der Waals surface area contributed by atoms with Crippen LogP contribution in [0.15, 0.2) is 16.8 Å². The Labute approximate surface area is 99.1 Å². The van der Waals surface area contributed by atoms with Gasteiger partial charge < -0.3 is 5.32 Å². The van der Waals surface area contributed by atoms with E-state index in [0.717, 1.165) is 5.56 Å². The van der Waals surface area contributed by atoms with Gasteiger partial charge in [-0.25, -0.2) is 0 Å². The Balaban J connectivity index is 1.91. The molecule has 3 nitrogen and oxygen atoms in total. The Bertz CT molecular complexity index is 413. The fraction of sp³-hybridized carbons (Fsp3) is 0.500. The zero-order chi connectivity index (χ0) is 11.6. The van der Waals surface area contributed by atoms with Crippen molar-refractivity contribution in [2.75, 3.05) is 0 Å². The number of thiophene rings is 1. The Hall–Kier alpha value is -1.34. The molecule has 1 aromatic heterocycles. The number of hydrogen-bond acceptors (Lipinski definition) is 3. The first-order valence-corrected chi connectivity index (χ1v) is 6.31. The zero-order valence-corrected chi connectivity index (χ0v) is 10.0. The second-order valence-corrected chi connectivity index (χ2v) is 5.30. The zero-order valence-electron chi connectivity index (χ0n) is 9.19. The van der Waals surface area contributed by atoms with Crippen LogP contribution < -0.4 is 5.32 Å². The first-order chi connectivity index (χ1) is 7.66. The third-order valence-electron chi connectivity index (χ3n) is 3.08. The van der Waals surface area contributed by atoms with E-state index in [9.17, 15) is 4.79 Å². The van der Waals surface area contributed by atoms with Gasteiger partial charge in [-0.3, -0.25) is 4.79 Å². The van der Waals surface area contributed by atoms with Crippen LogP contribution in [0.3, 0.4) is 0 Å². The van der Waals surface area contributed by atoms with E-state index in [2.05, 4.69) is 18.3 Å². The number of carbonyl (C=O) groups excluding carboxylic acids is 1. The van der Waals surface area contributed by atoms with Gasteiger partial charge in [-0.05, 0) is 41.1 Å². The monoisotopic (exact) mass is 234 g/mol. The lowest BCUT2D eigenvalue weighted by Crippen LogP contribution is -2.47. The third kappa shape index (κ3) is 1.96. The van der Waals surface area contributed by atoms with E-state index < -0.39 is 5.41 Å². The summed E-state index contributed by atoms with van der Waals surface area (Å²) >= 11 is 1.61. The molecule has 1 aliphatic carbocycles. The summed E-state index contributed by atoms with van der Waals surface area (Å²) in [7, 11) is 0. The second-order valence-electron chi connectivity index (χ2n) is 4.52. The molecule has 0 atom stereocenters. The number of nitrogens with one attached hydrogen (secondary N) is 1. The largest absolute Gasteiger partial charge is 0.351 e. The highest BCUT2D eigenvalue weighted by Gasteiger charge is 2.48. The molecule has 84 valence electrons. The SMILES string of the molecule is CC1CC(C#N)(C(=O)NCc2ccsc2)C1. The van der Waals surface area contributed by atoms with Crippen molar-refractivity contribution in [1.82, 2.24) is 5.32 Å². The minimum Gasteiger partial charge on any atom is -0.351 e. The first kappa shape index (κ1) is 11.2. The van der Waals surface area contributed by atoms with Crippen molar-refractivity contribution in [3.05, 3.63) is 22.4 Å². The minimum absolute atomic E-state index is 0.112. The molecule has 1 N–H and O–H groups in total. The van der Waals surface area contributed by atoms with Crippen LogP contribution in [0.2, 0.25) is 0 Å². The second kappa shape index (κ2) is 4.26. The van der Waals surface area contributed by atoms with Crippen LogP contribution in [-0.2, 0) is 11.3 Å². The van der Waals surface area contributed by atoms with Gasteiger partial charge in [-0.1, -0.05) is 6.92 Å². The minimum atomic E-state index is -0.755. The van der Waals surface area contributed by atoms with E-state index in [-0.39, 0.29) is 5.91 Å². The van der Waals surface area contributed by atoms with Gasteiger partial charge in [0, 0.05) is 6.54 Å². The number of nitrogens with zero attached hydrogens (tertiary/aromatic N) is 1. The molecule has 1 aliphatic rings. The summed E-state index contributed by atoms with van der Waals surface area (Å²) < 4.78 is 0. The highest BCUT2D eigenvalue weighted by Crippen LogP contribution is 2.45. The summed E-state index contributed by atoms with van der Waals surface area (Å²) in [5.74, 6) is 0.380. The Morgan fingerprint density at radius 1 is 1.75 bits per heavy atom. The number of hydrogen-bond donors (Lipinski definition) is 1. The van der Waals surface area contributed by atoms with Crippen LogP contribution in [0.5, 0.6) is 0 Å². The third-order valence-corrected chi connectivity index (χ3v) is 3.81. The van der Waals surface area contributed by atoms with Gasteiger partial charge >= 0.3 is 0 Å². The molecule has 0 aliphatic heterocycles. The molecule has 1 aromatic rings. The Morgan fingerprint density at radius 2 is 2.50 bits per heavy atom. The van der Waals surface area contributed by atoms with Crippen molar-refractivity contribution < 1.29 is 4.79 Å². The molecule has 2 rings (SSSR count). The average Bonchev–Trinajstić information content (AvgIpc) is 2.73. The van der Waals surface area contributed by atoms with Crippen LogP contribution in [0, 0.1) is 22.7 Å². The van der Waals surface area contributed by atoms with Gasteiger partial charge in [0.25, 0.3) is 0 Å². The summed E-state index contributed by atoms with van der Waals surface area (Å²) in [6.45, 7) is 2.60. The molecule has 16 heavy (non-hydrogen) atoms. The van der Waals surface area contributed by atoms with Crippen LogP contribution in [0.4, 0.5) is 0 Å². The summed E-state index contributed by atoms with van der Waals surface area (Å²) in [5, 5.41) is 15.9. The van der Waals surface area contributed by atoms with Crippen LogP contribution in [0.25, 0.3) is 0 Å². The number of amides is 1. The standard InChI is InChI=1S/C12H14N2OS/c1-9-4-12(5-9,8-13)11(15)14-6-10-2-3-16-7-10/h2-3,7,9H,4-6H2,1H3,(H,14,15). The van der Waals surface area contributed by atoms with Crippen LogP contribution in [-0.4, -0.2) is 5.91 Å². The van der Waals surface area contributed by atoms with Gasteiger partial charge in [0.1, 0.15) is 5.41 Å². The van der Waals surface area contributed by atoms with Crippen molar-refractivity contribution in [3.8, 4) is 6.07 Å². The number of rotatable bonds is 3.